The molecule has 0 spiro atoms. The van der Waals surface area contributed by atoms with E-state index in [0.29, 0.717) is 11.3 Å². The Labute approximate surface area is 174 Å². The van der Waals surface area contributed by atoms with Gasteiger partial charge in [0.15, 0.2) is 6.61 Å². The summed E-state index contributed by atoms with van der Waals surface area (Å²) in [6.07, 6.45) is 2.47. The molecule has 7 heteroatoms. The topological polar surface area (TPSA) is 88.8 Å². The van der Waals surface area contributed by atoms with Crippen molar-refractivity contribution in [2.24, 2.45) is 0 Å². The van der Waals surface area contributed by atoms with E-state index in [9.17, 15) is 14.4 Å². The highest BCUT2D eigenvalue weighted by molar-refractivity contribution is 5.96. The first kappa shape index (κ1) is 21.1. The summed E-state index contributed by atoms with van der Waals surface area (Å²) in [5.74, 6) is -1.10. The summed E-state index contributed by atoms with van der Waals surface area (Å²) < 4.78 is 10.6. The fourth-order valence-electron chi connectivity index (χ4n) is 2.99. The van der Waals surface area contributed by atoms with Gasteiger partial charge in [0.2, 0.25) is 0 Å². The van der Waals surface area contributed by atoms with Crippen LogP contribution in [0.25, 0.3) is 11.0 Å². The van der Waals surface area contributed by atoms with Crippen LogP contribution in [-0.4, -0.2) is 43.4 Å². The van der Waals surface area contributed by atoms with Crippen molar-refractivity contribution in [3.63, 3.8) is 0 Å². The number of nitrogens with zero attached hydrogens (tertiary/aromatic N) is 1. The van der Waals surface area contributed by atoms with Gasteiger partial charge in [0.1, 0.15) is 5.58 Å². The highest BCUT2D eigenvalue weighted by atomic mass is 16.5. The van der Waals surface area contributed by atoms with Crippen LogP contribution in [0.2, 0.25) is 0 Å². The third-order valence-electron chi connectivity index (χ3n) is 4.65. The highest BCUT2D eigenvalue weighted by Gasteiger charge is 2.14. The van der Waals surface area contributed by atoms with Gasteiger partial charge >= 0.3 is 5.97 Å². The molecule has 0 aliphatic heterocycles. The lowest BCUT2D eigenvalue weighted by molar-refractivity contribution is -0.146. The average Bonchev–Trinajstić information content (AvgIpc) is 3.14. The molecular weight excluding hydrogens is 384 g/mol. The lowest BCUT2D eigenvalue weighted by Gasteiger charge is -2.11. The van der Waals surface area contributed by atoms with Crippen LogP contribution in [0.5, 0.6) is 0 Å². The van der Waals surface area contributed by atoms with Crippen LogP contribution in [-0.2, 0) is 27.2 Å². The molecule has 0 saturated carbocycles. The Bertz CT molecular complexity index is 1070. The number of hydrogen-bond acceptors (Lipinski definition) is 5. The predicted octanol–water partition coefficient (Wildman–Crippen LogP) is 3.42. The lowest BCUT2D eigenvalue weighted by Crippen LogP contribution is -2.22. The molecule has 0 aliphatic rings. The molecule has 0 aliphatic carbocycles. The number of fused-ring (bicyclic) bond motifs is 1. The Hall–Kier alpha value is -3.61. The third kappa shape index (κ3) is 5.05. The number of benzene rings is 2. The minimum Gasteiger partial charge on any atom is -0.464 e. The maximum absolute atomic E-state index is 12.1. The Morgan fingerprint density at radius 1 is 1.07 bits per heavy atom. The summed E-state index contributed by atoms with van der Waals surface area (Å²) in [5.41, 5.74) is 3.63. The molecule has 0 bridgehead atoms. The lowest BCUT2D eigenvalue weighted by atomic mass is 10.1. The molecule has 30 heavy (non-hydrogen) atoms. The number of furan rings is 1. The molecule has 3 aromatic rings. The minimum atomic E-state index is -0.514. The number of hydrogen-bond donors (Lipinski definition) is 1. The normalized spacial score (nSPS) is 10.6. The largest absolute Gasteiger partial charge is 0.464 e. The van der Waals surface area contributed by atoms with E-state index in [-0.39, 0.29) is 12.3 Å². The van der Waals surface area contributed by atoms with Crippen molar-refractivity contribution < 1.29 is 23.5 Å². The average molecular weight is 408 g/mol. The molecule has 0 saturated heterocycles. The number of aryl methyl sites for hydroxylation is 1. The molecule has 1 heterocycles. The smallest absolute Gasteiger partial charge is 0.310 e. The zero-order valence-corrected chi connectivity index (χ0v) is 17.2. The summed E-state index contributed by atoms with van der Waals surface area (Å²) in [7, 11) is 3.34. The summed E-state index contributed by atoms with van der Waals surface area (Å²) in [4.78, 5) is 37.5. The molecule has 1 N–H and O–H groups in total. The van der Waals surface area contributed by atoms with Crippen LogP contribution in [0.15, 0.2) is 53.1 Å². The second kappa shape index (κ2) is 9.26. The molecule has 3 rings (SSSR count). The number of ether oxygens (including phenoxy) is 1. The van der Waals surface area contributed by atoms with Crippen molar-refractivity contribution in [1.82, 2.24) is 4.90 Å². The number of carbonyl (C=O) groups is 3. The maximum atomic E-state index is 12.1. The van der Waals surface area contributed by atoms with Crippen molar-refractivity contribution in [3.05, 3.63) is 65.4 Å². The Kier molecular flexibility index (Phi) is 6.51. The third-order valence-corrected chi connectivity index (χ3v) is 4.65. The Morgan fingerprint density at radius 3 is 2.47 bits per heavy atom. The van der Waals surface area contributed by atoms with Crippen LogP contribution in [0.1, 0.15) is 28.4 Å². The highest BCUT2D eigenvalue weighted by Crippen LogP contribution is 2.23. The van der Waals surface area contributed by atoms with E-state index in [1.807, 2.05) is 18.2 Å². The molecule has 0 unspecified atom stereocenters. The fourth-order valence-corrected chi connectivity index (χ4v) is 2.99. The van der Waals surface area contributed by atoms with Crippen molar-refractivity contribution in [1.29, 1.82) is 0 Å². The number of rotatable bonds is 7. The predicted molar refractivity (Wildman–Crippen MR) is 113 cm³/mol. The van der Waals surface area contributed by atoms with Gasteiger partial charge in [-0.05, 0) is 42.3 Å². The van der Waals surface area contributed by atoms with Crippen molar-refractivity contribution in [2.75, 3.05) is 26.0 Å². The monoisotopic (exact) mass is 408 g/mol. The first-order chi connectivity index (χ1) is 14.4. The number of anilines is 1. The van der Waals surface area contributed by atoms with Crippen molar-refractivity contribution >= 4 is 34.4 Å². The van der Waals surface area contributed by atoms with E-state index in [0.717, 1.165) is 28.5 Å². The minimum absolute atomic E-state index is 0.0209. The van der Waals surface area contributed by atoms with Crippen LogP contribution in [0.4, 0.5) is 5.69 Å². The fraction of sp³-hybridized carbons (Fsp3) is 0.261. The maximum Gasteiger partial charge on any atom is 0.310 e. The molecule has 0 radical (unpaired) electrons. The van der Waals surface area contributed by atoms with Gasteiger partial charge in [0.25, 0.3) is 11.8 Å². The molecule has 2 amide bonds. The van der Waals surface area contributed by atoms with Gasteiger partial charge < -0.3 is 19.4 Å². The van der Waals surface area contributed by atoms with Gasteiger partial charge in [0.05, 0.1) is 12.7 Å². The molecular formula is C23H24N2O5. The zero-order valence-electron chi connectivity index (χ0n) is 17.2. The van der Waals surface area contributed by atoms with Gasteiger partial charge in [-0.2, -0.15) is 0 Å². The second-order valence-corrected chi connectivity index (χ2v) is 7.11. The molecule has 0 fully saturated rings. The summed E-state index contributed by atoms with van der Waals surface area (Å²) in [5, 5.41) is 3.50. The molecule has 1 aromatic heterocycles. The van der Waals surface area contributed by atoms with Gasteiger partial charge in [0, 0.05) is 36.3 Å². The van der Waals surface area contributed by atoms with Gasteiger partial charge in [-0.25, -0.2) is 0 Å². The van der Waals surface area contributed by atoms with Crippen LogP contribution < -0.4 is 5.32 Å². The molecule has 156 valence electrons. The first-order valence-corrected chi connectivity index (χ1v) is 9.63. The van der Waals surface area contributed by atoms with Crippen molar-refractivity contribution in [2.45, 2.75) is 19.8 Å². The molecule has 7 nitrogen and oxygen atoms in total. The van der Waals surface area contributed by atoms with Crippen molar-refractivity contribution in [3.8, 4) is 0 Å². The van der Waals surface area contributed by atoms with Gasteiger partial charge in [-0.1, -0.05) is 19.1 Å². The van der Waals surface area contributed by atoms with E-state index in [4.69, 9.17) is 9.15 Å². The quantitative estimate of drug-likeness (QED) is 0.605. The van der Waals surface area contributed by atoms with E-state index in [1.165, 1.54) is 4.90 Å². The van der Waals surface area contributed by atoms with E-state index in [2.05, 4.69) is 12.2 Å². The summed E-state index contributed by atoms with van der Waals surface area (Å²) in [6, 6.07) is 12.4. The standard InChI is InChI=1S/C23H24N2O5/c1-4-15-5-10-19-17(13-29-20(19)11-15)12-22(27)30-14-21(26)24-18-8-6-16(7-9-18)23(28)25(2)3/h5-11,13H,4,12,14H2,1-3H3,(H,24,26). The SMILES string of the molecule is CCc1ccc2c(CC(=O)OCC(=O)Nc3ccc(C(=O)N(C)C)cc3)coc2c1. The van der Waals surface area contributed by atoms with E-state index < -0.39 is 18.5 Å². The second-order valence-electron chi connectivity index (χ2n) is 7.11. The van der Waals surface area contributed by atoms with Gasteiger partial charge in [-0.15, -0.1) is 0 Å². The van der Waals surface area contributed by atoms with Crippen LogP contribution in [0.3, 0.4) is 0 Å². The van der Waals surface area contributed by atoms with E-state index in [1.54, 1.807) is 44.6 Å². The number of amides is 2. The summed E-state index contributed by atoms with van der Waals surface area (Å²) >= 11 is 0. The Balaban J connectivity index is 1.51. The van der Waals surface area contributed by atoms with Gasteiger partial charge in [-0.3, -0.25) is 14.4 Å². The Morgan fingerprint density at radius 2 is 1.80 bits per heavy atom. The van der Waals surface area contributed by atoms with Crippen LogP contribution in [0, 0.1) is 0 Å². The zero-order chi connectivity index (χ0) is 21.7. The summed E-state index contributed by atoms with van der Waals surface area (Å²) in [6.45, 7) is 1.66. The van der Waals surface area contributed by atoms with E-state index >= 15 is 0 Å². The number of esters is 1. The number of carbonyl (C=O) groups excluding carboxylic acids is 3. The molecule has 0 atom stereocenters. The first-order valence-electron chi connectivity index (χ1n) is 9.63. The number of nitrogens with one attached hydrogen (secondary N) is 1. The molecule has 2 aromatic carbocycles. The van der Waals surface area contributed by atoms with Crippen LogP contribution >= 0.6 is 0 Å².